The normalized spacial score (nSPS) is 11.1. The lowest BCUT2D eigenvalue weighted by molar-refractivity contribution is 0.0936. The van der Waals surface area contributed by atoms with Gasteiger partial charge < -0.3 is 19.8 Å². The molecule has 2 heterocycles. The van der Waals surface area contributed by atoms with Crippen molar-refractivity contribution in [1.82, 2.24) is 19.9 Å². The number of para-hydroxylation sites is 1. The number of carbonyl (C=O) groups excluding carboxylic acids is 2. The van der Waals surface area contributed by atoms with E-state index in [2.05, 4.69) is 10.3 Å². The van der Waals surface area contributed by atoms with Crippen LogP contribution in [0.3, 0.4) is 0 Å². The van der Waals surface area contributed by atoms with Gasteiger partial charge in [0.25, 0.3) is 11.5 Å². The molecule has 0 spiro atoms. The van der Waals surface area contributed by atoms with E-state index in [1.165, 1.54) is 16.3 Å². The number of thioether (sulfide) groups is 1. The van der Waals surface area contributed by atoms with Gasteiger partial charge in [-0.3, -0.25) is 19.0 Å². The van der Waals surface area contributed by atoms with Crippen LogP contribution >= 0.6 is 11.8 Å². The largest absolute Gasteiger partial charge is 0.497 e. The summed E-state index contributed by atoms with van der Waals surface area (Å²) in [6.45, 7) is 0.742. The summed E-state index contributed by atoms with van der Waals surface area (Å²) in [7, 11) is 3.13. The van der Waals surface area contributed by atoms with E-state index in [9.17, 15) is 14.4 Å². The highest BCUT2D eigenvalue weighted by atomic mass is 32.2. The molecular formula is C29H26N4O5S. The van der Waals surface area contributed by atoms with Gasteiger partial charge in [0, 0.05) is 41.9 Å². The van der Waals surface area contributed by atoms with Crippen LogP contribution in [0.4, 0.5) is 0 Å². The maximum atomic E-state index is 13.7. The van der Waals surface area contributed by atoms with Gasteiger partial charge in [-0.05, 0) is 48.5 Å². The quantitative estimate of drug-likeness (QED) is 0.117. The van der Waals surface area contributed by atoms with E-state index < -0.39 is 0 Å². The Balaban J connectivity index is 1.53. The number of carbonyl (C=O) groups is 2. The predicted molar refractivity (Wildman–Crippen MR) is 151 cm³/mol. The number of aromatic nitrogens is 3. The summed E-state index contributed by atoms with van der Waals surface area (Å²) in [5.41, 5.74) is 2.47. The van der Waals surface area contributed by atoms with Crippen LogP contribution in [-0.2, 0) is 4.74 Å². The number of nitrogens with one attached hydrogen (secondary N) is 2. The lowest BCUT2D eigenvalue weighted by Gasteiger charge is -2.14. The van der Waals surface area contributed by atoms with Crippen molar-refractivity contribution >= 4 is 45.3 Å². The van der Waals surface area contributed by atoms with Crippen LogP contribution in [0.5, 0.6) is 5.75 Å². The molecule has 0 aliphatic heterocycles. The minimum absolute atomic E-state index is 0.0626. The van der Waals surface area contributed by atoms with Crippen molar-refractivity contribution in [1.29, 1.82) is 0 Å². The maximum Gasteiger partial charge on any atom is 0.266 e. The molecule has 5 aromatic rings. The molecule has 0 aliphatic carbocycles. The number of H-pyrrole nitrogens is 1. The second kappa shape index (κ2) is 11.5. The van der Waals surface area contributed by atoms with Crippen LogP contribution in [0.25, 0.3) is 27.5 Å². The van der Waals surface area contributed by atoms with Crippen molar-refractivity contribution in [2.45, 2.75) is 5.16 Å². The number of nitrogens with zero attached hydrogens (tertiary/aromatic N) is 2. The molecule has 10 heteroatoms. The van der Waals surface area contributed by atoms with Gasteiger partial charge >= 0.3 is 0 Å². The van der Waals surface area contributed by atoms with E-state index in [4.69, 9.17) is 14.5 Å². The second-order valence-corrected chi connectivity index (χ2v) is 9.62. The highest BCUT2D eigenvalue weighted by molar-refractivity contribution is 7.99. The first-order valence-electron chi connectivity index (χ1n) is 12.2. The Kier molecular flexibility index (Phi) is 7.76. The molecule has 0 radical (unpaired) electrons. The number of fused-ring (bicyclic) bond motifs is 2. The van der Waals surface area contributed by atoms with Crippen LogP contribution in [0.1, 0.15) is 20.7 Å². The summed E-state index contributed by atoms with van der Waals surface area (Å²) in [6.07, 6.45) is 1.70. The maximum absolute atomic E-state index is 13.7. The molecule has 5 rings (SSSR count). The van der Waals surface area contributed by atoms with E-state index in [1.807, 2.05) is 24.3 Å². The predicted octanol–water partition coefficient (Wildman–Crippen LogP) is 4.23. The van der Waals surface area contributed by atoms with Gasteiger partial charge in [0.05, 0.1) is 36.1 Å². The SMILES string of the molecule is COCCNC(=O)c1ccc2c(=O)n(-c3ccc(OC)cc3)c(SCC(=O)c3c[nH]c4ccccc34)nc2c1. The Bertz CT molecular complexity index is 1730. The van der Waals surface area contributed by atoms with Gasteiger partial charge in [0.15, 0.2) is 10.9 Å². The highest BCUT2D eigenvalue weighted by Crippen LogP contribution is 2.26. The zero-order valence-electron chi connectivity index (χ0n) is 21.4. The molecule has 39 heavy (non-hydrogen) atoms. The van der Waals surface area contributed by atoms with E-state index in [-0.39, 0.29) is 23.0 Å². The molecule has 0 bridgehead atoms. The first-order valence-corrected chi connectivity index (χ1v) is 13.2. The van der Waals surface area contributed by atoms with Gasteiger partial charge in [-0.15, -0.1) is 0 Å². The monoisotopic (exact) mass is 542 g/mol. The molecule has 2 N–H and O–H groups in total. The third kappa shape index (κ3) is 5.43. The molecule has 0 saturated heterocycles. The zero-order valence-corrected chi connectivity index (χ0v) is 22.2. The van der Waals surface area contributed by atoms with Crippen molar-refractivity contribution in [3.05, 3.63) is 94.4 Å². The number of ether oxygens (including phenoxy) is 2. The van der Waals surface area contributed by atoms with Crippen molar-refractivity contribution in [3.8, 4) is 11.4 Å². The van der Waals surface area contributed by atoms with Gasteiger partial charge in [0.1, 0.15) is 5.75 Å². The minimum Gasteiger partial charge on any atom is -0.497 e. The Morgan fingerprint density at radius 2 is 1.82 bits per heavy atom. The van der Waals surface area contributed by atoms with E-state index in [1.54, 1.807) is 62.9 Å². The molecule has 0 atom stereocenters. The molecule has 0 aliphatic rings. The van der Waals surface area contributed by atoms with Crippen LogP contribution in [-0.4, -0.2) is 59.3 Å². The molecule has 0 saturated carbocycles. The van der Waals surface area contributed by atoms with Crippen LogP contribution in [0.2, 0.25) is 0 Å². The Labute approximate surface area is 228 Å². The van der Waals surface area contributed by atoms with Gasteiger partial charge in [0.2, 0.25) is 0 Å². The van der Waals surface area contributed by atoms with E-state index in [0.29, 0.717) is 51.8 Å². The van der Waals surface area contributed by atoms with Crippen LogP contribution in [0, 0.1) is 0 Å². The van der Waals surface area contributed by atoms with Crippen LogP contribution < -0.4 is 15.6 Å². The summed E-state index contributed by atoms with van der Waals surface area (Å²) in [5.74, 6) is 0.319. The summed E-state index contributed by atoms with van der Waals surface area (Å²) >= 11 is 1.17. The fourth-order valence-electron chi connectivity index (χ4n) is 4.24. The van der Waals surface area contributed by atoms with E-state index >= 15 is 0 Å². The first-order chi connectivity index (χ1) is 19.0. The van der Waals surface area contributed by atoms with Crippen molar-refractivity contribution in [2.24, 2.45) is 0 Å². The second-order valence-electron chi connectivity index (χ2n) is 8.67. The summed E-state index contributed by atoms with van der Waals surface area (Å²) < 4.78 is 11.7. The minimum atomic E-state index is -0.307. The molecule has 1 amide bonds. The van der Waals surface area contributed by atoms with Gasteiger partial charge in [-0.1, -0.05) is 30.0 Å². The average Bonchev–Trinajstić information content (AvgIpc) is 3.40. The fraction of sp³-hybridized carbons (Fsp3) is 0.172. The number of amides is 1. The number of rotatable bonds is 10. The number of Topliss-reactive ketones (excluding diaryl/α,β-unsaturated/α-hetero) is 1. The Hall–Kier alpha value is -4.41. The first kappa shape index (κ1) is 26.2. The van der Waals surface area contributed by atoms with Crippen molar-refractivity contribution in [2.75, 3.05) is 33.1 Å². The Morgan fingerprint density at radius 3 is 2.59 bits per heavy atom. The molecule has 0 unspecified atom stereocenters. The zero-order chi connectivity index (χ0) is 27.4. The molecule has 2 aromatic heterocycles. The topological polar surface area (TPSA) is 115 Å². The third-order valence-corrected chi connectivity index (χ3v) is 7.18. The highest BCUT2D eigenvalue weighted by Gasteiger charge is 2.18. The fourth-order valence-corrected chi connectivity index (χ4v) is 5.14. The molecule has 3 aromatic carbocycles. The number of aromatic amines is 1. The molecular weight excluding hydrogens is 516 g/mol. The molecule has 0 fully saturated rings. The number of ketones is 1. The van der Waals surface area contributed by atoms with E-state index in [0.717, 1.165) is 10.9 Å². The van der Waals surface area contributed by atoms with Gasteiger partial charge in [-0.25, -0.2) is 4.98 Å². The molecule has 9 nitrogen and oxygen atoms in total. The summed E-state index contributed by atoms with van der Waals surface area (Å²) in [5, 5.41) is 4.30. The summed E-state index contributed by atoms with van der Waals surface area (Å²) in [6, 6.07) is 19.4. The number of hydrogen-bond donors (Lipinski definition) is 2. The smallest absolute Gasteiger partial charge is 0.266 e. The number of hydrogen-bond acceptors (Lipinski definition) is 7. The summed E-state index contributed by atoms with van der Waals surface area (Å²) in [4.78, 5) is 47.4. The van der Waals surface area contributed by atoms with Crippen molar-refractivity contribution < 1.29 is 19.1 Å². The van der Waals surface area contributed by atoms with Gasteiger partial charge in [-0.2, -0.15) is 0 Å². The number of benzene rings is 3. The Morgan fingerprint density at radius 1 is 1.03 bits per heavy atom. The van der Waals surface area contributed by atoms with Crippen LogP contribution in [0.15, 0.2) is 82.9 Å². The lowest BCUT2D eigenvalue weighted by atomic mass is 10.1. The standard InChI is InChI=1S/C29H26N4O5S/c1-37-14-13-30-27(35)18-7-12-22-25(15-18)32-29(33(28(22)36)19-8-10-20(38-2)11-9-19)39-17-26(34)23-16-31-24-6-4-3-5-21(23)24/h3-12,15-16,31H,13-14,17H2,1-2H3,(H,30,35). The lowest BCUT2D eigenvalue weighted by Crippen LogP contribution is -2.27. The third-order valence-electron chi connectivity index (χ3n) is 6.25. The van der Waals surface area contributed by atoms with Crippen molar-refractivity contribution in [3.63, 3.8) is 0 Å². The number of methoxy groups -OCH3 is 2. The average molecular weight is 543 g/mol. The molecule has 198 valence electrons.